The topological polar surface area (TPSA) is 0 Å². The van der Waals surface area contributed by atoms with Crippen LogP contribution in [0.1, 0.15) is 27.7 Å². The maximum Gasteiger partial charge on any atom is -1.00 e. The van der Waals surface area contributed by atoms with Crippen molar-refractivity contribution in [2.45, 2.75) is 111 Å². The van der Waals surface area contributed by atoms with Crippen LogP contribution in [0.3, 0.4) is 0 Å². The van der Waals surface area contributed by atoms with Crippen LogP contribution >= 0.6 is 0 Å². The van der Waals surface area contributed by atoms with E-state index in [9.17, 15) is 0 Å². The van der Waals surface area contributed by atoms with Gasteiger partial charge in [0.2, 0.25) is 0 Å². The van der Waals surface area contributed by atoms with Gasteiger partial charge in [0.15, 0.2) is 0 Å². The number of allylic oxidation sites excluding steroid dienone is 4. The summed E-state index contributed by atoms with van der Waals surface area (Å²) < 4.78 is 1.58. The van der Waals surface area contributed by atoms with Crippen LogP contribution in [-0.4, -0.2) is 40.4 Å². The first-order valence-electron chi connectivity index (χ1n) is 16.9. The Morgan fingerprint density at radius 1 is 0.438 bits per heavy atom. The quantitative estimate of drug-likeness (QED) is 0.188. The van der Waals surface area contributed by atoms with E-state index in [0.29, 0.717) is 0 Å². The molecule has 9 heteroatoms. The second kappa shape index (κ2) is 15.4. The molecule has 0 saturated heterocycles. The Kier molecular flexibility index (Phi) is 14.7. The van der Waals surface area contributed by atoms with Crippen molar-refractivity contribution in [2.75, 3.05) is 0 Å². The summed E-state index contributed by atoms with van der Waals surface area (Å²) in [6.45, 7) is 40.4. The average molecular weight is 823 g/mol. The van der Waals surface area contributed by atoms with E-state index in [1.165, 1.54) is 11.1 Å². The SMILES string of the molecule is CC1=C(C)C(C)([Si](c2ccccc2)(c2cc([Si](C)(C)C)cc([Si](C)(C)C)c2)c2cc([Si](C)(C)C)cc([Si](C)(C)C)c2)[C]([Ti+3])=C1C.[Cl-].[Cl-].[Cl-]. The molecule has 0 spiro atoms. The fraction of sp³-hybridized carbons (Fsp3) is 0.436. The zero-order valence-corrected chi connectivity index (χ0v) is 41.3. The fourth-order valence-electron chi connectivity index (χ4n) is 7.35. The van der Waals surface area contributed by atoms with E-state index in [1.807, 2.05) is 0 Å². The summed E-state index contributed by atoms with van der Waals surface area (Å²) in [7, 11) is -9.30. The van der Waals surface area contributed by atoms with Crippen molar-refractivity contribution >= 4 is 76.7 Å². The van der Waals surface area contributed by atoms with Gasteiger partial charge in [0.1, 0.15) is 0 Å². The van der Waals surface area contributed by atoms with Gasteiger partial charge in [-0.05, 0) is 0 Å². The van der Waals surface area contributed by atoms with Crippen LogP contribution in [0.15, 0.2) is 87.3 Å². The predicted molar refractivity (Wildman–Crippen MR) is 215 cm³/mol. The number of hydrogen-bond acceptors (Lipinski definition) is 0. The second-order valence-corrected chi connectivity index (χ2v) is 43.4. The molecular formula is C39H59Cl3Si5Ti. The van der Waals surface area contributed by atoms with Crippen LogP contribution in [0.4, 0.5) is 0 Å². The monoisotopic (exact) mass is 820 g/mol. The zero-order chi connectivity index (χ0) is 34.1. The normalized spacial score (nSPS) is 17.5. The first-order valence-corrected chi connectivity index (χ1v) is 33.7. The van der Waals surface area contributed by atoms with Crippen molar-refractivity contribution in [1.29, 1.82) is 0 Å². The first kappa shape index (κ1) is 45.8. The third kappa shape index (κ3) is 8.06. The van der Waals surface area contributed by atoms with Crippen molar-refractivity contribution < 1.29 is 57.7 Å². The maximum absolute atomic E-state index is 2.79. The van der Waals surface area contributed by atoms with Crippen LogP contribution in [0, 0.1) is 0 Å². The second-order valence-electron chi connectivity index (χ2n) is 18.1. The van der Waals surface area contributed by atoms with Gasteiger partial charge in [-0.25, -0.2) is 0 Å². The molecule has 0 aromatic heterocycles. The van der Waals surface area contributed by atoms with E-state index in [-0.39, 0.29) is 42.3 Å². The summed E-state index contributed by atoms with van der Waals surface area (Å²) in [6, 6.07) is 28.1. The van der Waals surface area contributed by atoms with Gasteiger partial charge in [0.05, 0.1) is 0 Å². The molecule has 1 aliphatic carbocycles. The fourth-order valence-corrected chi connectivity index (χ4v) is 20.6. The van der Waals surface area contributed by atoms with Gasteiger partial charge < -0.3 is 37.2 Å². The van der Waals surface area contributed by atoms with E-state index < -0.39 is 40.4 Å². The Labute approximate surface area is 330 Å². The maximum atomic E-state index is 2.74. The van der Waals surface area contributed by atoms with Crippen LogP contribution in [0.5, 0.6) is 0 Å². The van der Waals surface area contributed by atoms with E-state index in [1.54, 1.807) is 45.8 Å². The third-order valence-corrected chi connectivity index (χ3v) is 26.4. The summed E-state index contributed by atoms with van der Waals surface area (Å²) in [5.41, 5.74) is 4.58. The van der Waals surface area contributed by atoms with E-state index in [0.717, 1.165) is 0 Å². The minimum Gasteiger partial charge on any atom is -1.00 e. The molecule has 0 aliphatic heterocycles. The van der Waals surface area contributed by atoms with Gasteiger partial charge in [0.25, 0.3) is 0 Å². The van der Waals surface area contributed by atoms with Crippen LogP contribution in [0.25, 0.3) is 0 Å². The van der Waals surface area contributed by atoms with E-state index in [4.69, 9.17) is 0 Å². The number of halogens is 3. The number of benzene rings is 3. The minimum absolute atomic E-state index is 0. The van der Waals surface area contributed by atoms with Gasteiger partial charge in [-0.15, -0.1) is 0 Å². The number of hydrogen-bond donors (Lipinski definition) is 0. The molecule has 0 N–H and O–H groups in total. The average Bonchev–Trinajstić information content (AvgIpc) is 3.07. The molecule has 260 valence electrons. The van der Waals surface area contributed by atoms with Crippen molar-refractivity contribution in [3.8, 4) is 0 Å². The van der Waals surface area contributed by atoms with Gasteiger partial charge >= 0.3 is 296 Å². The Morgan fingerprint density at radius 2 is 0.729 bits per heavy atom. The van der Waals surface area contributed by atoms with Crippen molar-refractivity contribution in [3.05, 3.63) is 87.3 Å². The zero-order valence-electron chi connectivity index (χ0n) is 32.5. The molecule has 1 aliphatic rings. The molecule has 4 rings (SSSR count). The van der Waals surface area contributed by atoms with Crippen LogP contribution in [-0.2, 0) is 20.4 Å². The molecule has 1 unspecified atom stereocenters. The molecule has 3 aromatic carbocycles. The summed E-state index contributed by atoms with van der Waals surface area (Å²) >= 11 is 2.48. The Bertz CT molecular complexity index is 1520. The van der Waals surface area contributed by atoms with Crippen molar-refractivity contribution in [1.82, 2.24) is 0 Å². The molecule has 0 heterocycles. The van der Waals surface area contributed by atoms with Crippen molar-refractivity contribution in [2.24, 2.45) is 0 Å². The largest absolute Gasteiger partial charge is 1.00 e. The Hall–Kier alpha value is -0.191. The molecule has 0 nitrogen and oxygen atoms in total. The summed E-state index contributed by atoms with van der Waals surface area (Å²) in [4.78, 5) is 0. The molecule has 1 atom stereocenters. The smallest absolute Gasteiger partial charge is 1.00 e. The van der Waals surface area contributed by atoms with Gasteiger partial charge in [-0.3, -0.25) is 0 Å². The molecule has 0 saturated carbocycles. The predicted octanol–water partition coefficient (Wildman–Crippen LogP) is -1.72. The van der Waals surface area contributed by atoms with E-state index >= 15 is 0 Å². The summed E-state index contributed by atoms with van der Waals surface area (Å²) in [6.07, 6.45) is 0. The first-order chi connectivity index (χ1) is 20.4. The summed E-state index contributed by atoms with van der Waals surface area (Å²) in [5.74, 6) is 0. The Balaban J connectivity index is 0.00000384. The van der Waals surface area contributed by atoms with Crippen LogP contribution < -0.4 is 73.5 Å². The minimum atomic E-state index is -2.79. The van der Waals surface area contributed by atoms with Gasteiger partial charge in [-0.1, -0.05) is 0 Å². The molecule has 3 aromatic rings. The number of rotatable bonds is 8. The molecule has 48 heavy (non-hydrogen) atoms. The standard InChI is InChI=1S/C39H59Si5.3ClH.Ti/c1-29-28-39(4,31(3)30(29)2)44(32-20-18-17-19-21-32,37-24-33(40(5,6)7)22-34(25-37)41(8,9)10)38-26-35(42(11,12)13)23-36(27-38)43(14,15)16;;;;/h17-27H,1-16H3;3*1H;/q;;;;+3/p-3. The third-order valence-electron chi connectivity index (χ3n) is 10.9. The molecule has 0 bridgehead atoms. The molecule has 0 fully saturated rings. The Morgan fingerprint density at radius 3 is 0.979 bits per heavy atom. The van der Waals surface area contributed by atoms with Crippen molar-refractivity contribution in [3.63, 3.8) is 0 Å². The van der Waals surface area contributed by atoms with Gasteiger partial charge in [-0.2, -0.15) is 0 Å². The molecular weight excluding hydrogens is 763 g/mol. The van der Waals surface area contributed by atoms with E-state index in [2.05, 4.69) is 193 Å². The van der Waals surface area contributed by atoms with Crippen LogP contribution in [0.2, 0.25) is 83.6 Å². The summed E-state index contributed by atoms with van der Waals surface area (Å²) in [5, 5.41) is 11.2. The van der Waals surface area contributed by atoms with Gasteiger partial charge in [0, 0.05) is 0 Å². The molecule has 0 radical (unpaired) electrons. The molecule has 0 amide bonds.